The van der Waals surface area contributed by atoms with Gasteiger partial charge in [-0.25, -0.2) is 0 Å². The van der Waals surface area contributed by atoms with Gasteiger partial charge in [0.1, 0.15) is 0 Å². The lowest BCUT2D eigenvalue weighted by molar-refractivity contribution is 0.132. The van der Waals surface area contributed by atoms with Gasteiger partial charge in [-0.05, 0) is 56.1 Å². The minimum atomic E-state index is -0.440. The molecule has 1 aliphatic heterocycles. The lowest BCUT2D eigenvalue weighted by Gasteiger charge is -2.28. The molecule has 1 heterocycles. The third-order valence-corrected chi connectivity index (χ3v) is 4.94. The zero-order valence-corrected chi connectivity index (χ0v) is 15.1. The van der Waals surface area contributed by atoms with E-state index in [0.717, 1.165) is 32.4 Å². The van der Waals surface area contributed by atoms with E-state index >= 15 is 0 Å². The van der Waals surface area contributed by atoms with Crippen LogP contribution in [0.3, 0.4) is 0 Å². The molecule has 1 atom stereocenters. The fraction of sp³-hybridized carbons (Fsp3) is 0.429. The number of aliphatic hydroxyl groups is 1. The Morgan fingerprint density at radius 3 is 2.16 bits per heavy atom. The molecule has 2 aromatic rings. The number of fused-ring (bicyclic) bond motifs is 2. The summed E-state index contributed by atoms with van der Waals surface area (Å²) in [6.07, 6.45) is 2.78. The van der Waals surface area contributed by atoms with Crippen LogP contribution in [0.15, 0.2) is 48.5 Å². The van der Waals surface area contributed by atoms with Crippen molar-refractivity contribution in [3.63, 3.8) is 0 Å². The minimum absolute atomic E-state index is 0.317. The highest BCUT2D eigenvalue weighted by molar-refractivity contribution is 5.71. The van der Waals surface area contributed by atoms with E-state index in [-0.39, 0.29) is 0 Å². The molecule has 0 amide bonds. The number of aliphatic hydroxyl groups excluding tert-OH is 1. The molecule has 1 aliphatic rings. The molecule has 2 aromatic carbocycles. The molecule has 0 radical (unpaired) electrons. The van der Waals surface area contributed by atoms with Crippen molar-refractivity contribution in [2.45, 2.75) is 25.4 Å². The number of nitrogens with zero attached hydrogens (tertiary/aromatic N) is 2. The zero-order chi connectivity index (χ0) is 17.6. The van der Waals surface area contributed by atoms with Crippen LogP contribution in [0, 0.1) is 0 Å². The molecule has 0 aliphatic carbocycles. The summed E-state index contributed by atoms with van der Waals surface area (Å²) < 4.78 is 0. The van der Waals surface area contributed by atoms with Crippen molar-refractivity contribution in [3.05, 3.63) is 59.7 Å². The molecule has 0 spiro atoms. The summed E-state index contributed by atoms with van der Waals surface area (Å²) >= 11 is 0. The fourth-order valence-electron chi connectivity index (χ4n) is 3.64. The third-order valence-electron chi connectivity index (χ3n) is 4.94. The Kier molecular flexibility index (Phi) is 6.08. The third kappa shape index (κ3) is 4.40. The number of hydrogen-bond donors (Lipinski definition) is 2. The van der Waals surface area contributed by atoms with Gasteiger partial charge in [0.15, 0.2) is 0 Å². The molecule has 3 N–H and O–H groups in total. The van der Waals surface area contributed by atoms with E-state index in [2.05, 4.69) is 58.3 Å². The summed E-state index contributed by atoms with van der Waals surface area (Å²) in [7, 11) is 2.04. The van der Waals surface area contributed by atoms with Crippen LogP contribution in [-0.2, 0) is 12.8 Å². The molecule has 3 rings (SSSR count). The van der Waals surface area contributed by atoms with Crippen molar-refractivity contribution in [1.29, 1.82) is 0 Å². The van der Waals surface area contributed by atoms with E-state index in [4.69, 9.17) is 5.73 Å². The number of para-hydroxylation sites is 2. The van der Waals surface area contributed by atoms with Crippen molar-refractivity contribution in [3.8, 4) is 0 Å². The monoisotopic (exact) mass is 339 g/mol. The van der Waals surface area contributed by atoms with Crippen LogP contribution in [0.1, 0.15) is 17.5 Å². The molecular formula is C21H29N3O. The molecule has 0 saturated carbocycles. The van der Waals surface area contributed by atoms with Gasteiger partial charge in [-0.1, -0.05) is 36.4 Å². The fourth-order valence-corrected chi connectivity index (χ4v) is 3.64. The molecule has 0 aromatic heterocycles. The van der Waals surface area contributed by atoms with Crippen LogP contribution in [0.5, 0.6) is 0 Å². The maximum atomic E-state index is 9.70. The topological polar surface area (TPSA) is 52.7 Å². The Bertz CT molecular complexity index is 641. The molecular weight excluding hydrogens is 310 g/mol. The molecule has 25 heavy (non-hydrogen) atoms. The number of likely N-dealkylation sites (N-methyl/N-ethyl adjacent to an activating group) is 1. The highest BCUT2D eigenvalue weighted by atomic mass is 16.3. The molecule has 0 saturated heterocycles. The van der Waals surface area contributed by atoms with Gasteiger partial charge in [0.2, 0.25) is 0 Å². The first-order valence-electron chi connectivity index (χ1n) is 9.19. The van der Waals surface area contributed by atoms with Crippen LogP contribution < -0.4 is 10.6 Å². The number of nitrogens with two attached hydrogens (primary N) is 1. The van der Waals surface area contributed by atoms with E-state index in [1.165, 1.54) is 22.5 Å². The van der Waals surface area contributed by atoms with Crippen LogP contribution in [0.4, 0.5) is 11.4 Å². The first-order chi connectivity index (χ1) is 12.2. The maximum absolute atomic E-state index is 9.70. The van der Waals surface area contributed by atoms with Crippen LogP contribution in [0.2, 0.25) is 0 Å². The summed E-state index contributed by atoms with van der Waals surface area (Å²) in [5.74, 6) is 0. The highest BCUT2D eigenvalue weighted by Crippen LogP contribution is 2.35. The maximum Gasteiger partial charge on any atom is 0.0788 e. The van der Waals surface area contributed by atoms with Gasteiger partial charge in [0.25, 0.3) is 0 Å². The van der Waals surface area contributed by atoms with Gasteiger partial charge in [-0.15, -0.1) is 0 Å². The highest BCUT2D eigenvalue weighted by Gasteiger charge is 2.19. The molecule has 0 bridgehead atoms. The summed E-state index contributed by atoms with van der Waals surface area (Å²) in [6.45, 7) is 2.86. The Morgan fingerprint density at radius 2 is 1.60 bits per heavy atom. The lowest BCUT2D eigenvalue weighted by atomic mass is 10.0. The van der Waals surface area contributed by atoms with Crippen molar-refractivity contribution in [2.75, 3.05) is 38.1 Å². The molecule has 4 heteroatoms. The second-order valence-corrected chi connectivity index (χ2v) is 6.91. The van der Waals surface area contributed by atoms with Crippen LogP contribution in [-0.4, -0.2) is 49.3 Å². The average molecular weight is 339 g/mol. The summed E-state index contributed by atoms with van der Waals surface area (Å²) in [5.41, 5.74) is 11.0. The van der Waals surface area contributed by atoms with E-state index in [0.29, 0.717) is 13.1 Å². The van der Waals surface area contributed by atoms with Crippen molar-refractivity contribution < 1.29 is 5.11 Å². The second-order valence-electron chi connectivity index (χ2n) is 6.91. The molecule has 0 fully saturated rings. The Balaban J connectivity index is 1.73. The van der Waals surface area contributed by atoms with Gasteiger partial charge in [-0.2, -0.15) is 0 Å². The number of rotatable bonds is 7. The first kappa shape index (κ1) is 17.9. The van der Waals surface area contributed by atoms with Gasteiger partial charge in [0.05, 0.1) is 6.10 Å². The smallest absolute Gasteiger partial charge is 0.0788 e. The SMILES string of the molecule is CN(CCCN1c2ccccc2CCc2ccccc21)CC(O)CN. The van der Waals surface area contributed by atoms with Gasteiger partial charge >= 0.3 is 0 Å². The van der Waals surface area contributed by atoms with E-state index in [9.17, 15) is 5.11 Å². The largest absolute Gasteiger partial charge is 0.390 e. The van der Waals surface area contributed by atoms with Crippen molar-refractivity contribution in [2.24, 2.45) is 5.73 Å². The first-order valence-corrected chi connectivity index (χ1v) is 9.19. The number of aryl methyl sites for hydroxylation is 2. The predicted molar refractivity (Wildman–Crippen MR) is 104 cm³/mol. The Morgan fingerprint density at radius 1 is 1.04 bits per heavy atom. The normalized spacial score (nSPS) is 14.8. The summed E-state index contributed by atoms with van der Waals surface area (Å²) in [5, 5.41) is 9.70. The molecule has 134 valence electrons. The molecule has 4 nitrogen and oxygen atoms in total. The minimum Gasteiger partial charge on any atom is -0.390 e. The number of hydrogen-bond acceptors (Lipinski definition) is 4. The summed E-state index contributed by atoms with van der Waals surface area (Å²) in [6, 6.07) is 17.5. The molecule has 1 unspecified atom stereocenters. The standard InChI is InChI=1S/C21H29N3O/c1-23(16-19(25)15-22)13-6-14-24-20-9-4-2-7-17(20)11-12-18-8-3-5-10-21(18)24/h2-5,7-10,19,25H,6,11-16,22H2,1H3. The van der Waals surface area contributed by atoms with Gasteiger partial charge in [0, 0.05) is 31.0 Å². The lowest BCUT2D eigenvalue weighted by Crippen LogP contribution is -2.35. The van der Waals surface area contributed by atoms with Crippen LogP contribution >= 0.6 is 0 Å². The quantitative estimate of drug-likeness (QED) is 0.814. The van der Waals surface area contributed by atoms with Crippen molar-refractivity contribution >= 4 is 11.4 Å². The van der Waals surface area contributed by atoms with Crippen LogP contribution in [0.25, 0.3) is 0 Å². The second kappa shape index (κ2) is 8.48. The number of anilines is 2. The van der Waals surface area contributed by atoms with E-state index < -0.39 is 6.10 Å². The van der Waals surface area contributed by atoms with Crippen molar-refractivity contribution in [1.82, 2.24) is 4.90 Å². The summed E-state index contributed by atoms with van der Waals surface area (Å²) in [4.78, 5) is 4.62. The zero-order valence-electron chi connectivity index (χ0n) is 15.1. The van der Waals surface area contributed by atoms with E-state index in [1.807, 2.05) is 7.05 Å². The van der Waals surface area contributed by atoms with Gasteiger partial charge < -0.3 is 20.6 Å². The number of benzene rings is 2. The van der Waals surface area contributed by atoms with Gasteiger partial charge in [-0.3, -0.25) is 0 Å². The average Bonchev–Trinajstić information content (AvgIpc) is 2.79. The Hall–Kier alpha value is -1.88. The Labute approximate surface area is 150 Å². The van der Waals surface area contributed by atoms with E-state index in [1.54, 1.807) is 0 Å². The predicted octanol–water partition coefficient (Wildman–Crippen LogP) is 2.56.